The predicted octanol–water partition coefficient (Wildman–Crippen LogP) is 3.42. The lowest BCUT2D eigenvalue weighted by Crippen LogP contribution is -2.47. The Labute approximate surface area is 100 Å². The van der Waals surface area contributed by atoms with E-state index in [-0.39, 0.29) is 11.2 Å². The molecule has 0 aromatic heterocycles. The van der Waals surface area contributed by atoms with Gasteiger partial charge in [0.05, 0.1) is 11.3 Å². The lowest BCUT2D eigenvalue weighted by atomic mass is 9.83. The topological polar surface area (TPSA) is 30.8 Å². The molecule has 0 fully saturated rings. The molecule has 4 heteroatoms. The second kappa shape index (κ2) is 3.84. The van der Waals surface area contributed by atoms with Crippen LogP contribution in [0.4, 0.5) is 0 Å². The molecule has 0 saturated carbocycles. The van der Waals surface area contributed by atoms with Gasteiger partial charge in [-0.2, -0.15) is 0 Å². The Morgan fingerprint density at radius 1 is 1.31 bits per heavy atom. The number of nitrogens with zero attached hydrogens (tertiary/aromatic N) is 1. The smallest absolute Gasteiger partial charge is 0.185 e. The number of hydrogen-bond acceptors (Lipinski definition) is 3. The van der Waals surface area contributed by atoms with E-state index in [1.165, 1.54) is 0 Å². The lowest BCUT2D eigenvalue weighted by Gasteiger charge is -2.35. The van der Waals surface area contributed by atoms with Crippen molar-refractivity contribution in [2.75, 3.05) is 0 Å². The average Bonchev–Trinajstić information content (AvgIpc) is 2.22. The molecule has 94 valence electrons. The Morgan fingerprint density at radius 3 is 2.12 bits per heavy atom. The van der Waals surface area contributed by atoms with E-state index >= 15 is 0 Å². The number of oxime groups is 1. The molecule has 0 saturated heterocycles. The largest absolute Gasteiger partial charge is 0.407 e. The zero-order chi connectivity index (χ0) is 12.8. The summed E-state index contributed by atoms with van der Waals surface area (Å²) in [6.45, 7) is 17.1. The molecular formula is C12H25NO2Si. The molecule has 1 aliphatic rings. The minimum atomic E-state index is -1.57. The first-order valence-electron chi connectivity index (χ1n) is 5.92. The highest BCUT2D eigenvalue weighted by atomic mass is 28.4. The summed E-state index contributed by atoms with van der Waals surface area (Å²) < 4.78 is 6.20. The van der Waals surface area contributed by atoms with Crippen molar-refractivity contribution < 1.29 is 9.26 Å². The molecule has 1 unspecified atom stereocenters. The van der Waals surface area contributed by atoms with E-state index in [0.29, 0.717) is 5.92 Å². The standard InChI is InChI=1S/C12H25NO2Si/c1-9-10(13-14-11(9,2)3)12(4,5)15-16(6,7)8/h9H,1-8H3. The summed E-state index contributed by atoms with van der Waals surface area (Å²) in [5, 5.41) is 4.24. The van der Waals surface area contributed by atoms with Crippen LogP contribution < -0.4 is 0 Å². The van der Waals surface area contributed by atoms with Gasteiger partial charge in [0.2, 0.25) is 0 Å². The molecule has 1 rings (SSSR count). The van der Waals surface area contributed by atoms with Gasteiger partial charge in [-0.3, -0.25) is 0 Å². The van der Waals surface area contributed by atoms with Crippen LogP contribution in [0.3, 0.4) is 0 Å². The van der Waals surface area contributed by atoms with Crippen molar-refractivity contribution in [3.63, 3.8) is 0 Å². The monoisotopic (exact) mass is 243 g/mol. The van der Waals surface area contributed by atoms with Crippen LogP contribution in [0, 0.1) is 5.92 Å². The van der Waals surface area contributed by atoms with Crippen molar-refractivity contribution in [1.82, 2.24) is 0 Å². The fourth-order valence-electron chi connectivity index (χ4n) is 2.10. The van der Waals surface area contributed by atoms with Gasteiger partial charge in [0.15, 0.2) is 8.32 Å². The van der Waals surface area contributed by atoms with E-state index in [1.807, 2.05) is 0 Å². The van der Waals surface area contributed by atoms with E-state index in [0.717, 1.165) is 5.71 Å². The molecule has 1 aliphatic heterocycles. The molecule has 0 aromatic carbocycles. The van der Waals surface area contributed by atoms with Crippen molar-refractivity contribution in [3.05, 3.63) is 0 Å². The van der Waals surface area contributed by atoms with Crippen molar-refractivity contribution in [3.8, 4) is 0 Å². The summed E-state index contributed by atoms with van der Waals surface area (Å²) >= 11 is 0. The molecule has 1 atom stereocenters. The predicted molar refractivity (Wildman–Crippen MR) is 70.3 cm³/mol. The van der Waals surface area contributed by atoms with Gasteiger partial charge < -0.3 is 9.26 Å². The third-order valence-electron chi connectivity index (χ3n) is 3.01. The molecule has 0 aliphatic carbocycles. The van der Waals surface area contributed by atoms with Gasteiger partial charge in [0.1, 0.15) is 5.60 Å². The Morgan fingerprint density at radius 2 is 1.81 bits per heavy atom. The van der Waals surface area contributed by atoms with Crippen LogP contribution in [-0.4, -0.2) is 25.2 Å². The first-order chi connectivity index (χ1) is 6.96. The van der Waals surface area contributed by atoms with E-state index < -0.39 is 8.32 Å². The van der Waals surface area contributed by atoms with Crippen molar-refractivity contribution in [2.45, 2.75) is 65.5 Å². The first kappa shape index (κ1) is 13.7. The third kappa shape index (κ3) is 2.86. The third-order valence-corrected chi connectivity index (χ3v) is 4.13. The molecule has 16 heavy (non-hydrogen) atoms. The number of rotatable bonds is 3. The van der Waals surface area contributed by atoms with Crippen LogP contribution >= 0.6 is 0 Å². The second-order valence-electron chi connectivity index (χ2n) is 6.62. The van der Waals surface area contributed by atoms with Gasteiger partial charge in [-0.1, -0.05) is 12.1 Å². The molecule has 3 nitrogen and oxygen atoms in total. The first-order valence-corrected chi connectivity index (χ1v) is 9.33. The summed E-state index contributed by atoms with van der Waals surface area (Å²) in [4.78, 5) is 5.49. The Kier molecular flexibility index (Phi) is 3.29. The second-order valence-corrected chi connectivity index (χ2v) is 11.0. The molecule has 0 spiro atoms. The summed E-state index contributed by atoms with van der Waals surface area (Å²) in [6, 6.07) is 0. The van der Waals surface area contributed by atoms with E-state index in [1.54, 1.807) is 0 Å². The highest BCUT2D eigenvalue weighted by Crippen LogP contribution is 2.35. The van der Waals surface area contributed by atoms with Crippen molar-refractivity contribution in [1.29, 1.82) is 0 Å². The maximum absolute atomic E-state index is 6.20. The van der Waals surface area contributed by atoms with E-state index in [9.17, 15) is 0 Å². The summed E-state index contributed by atoms with van der Waals surface area (Å²) in [5.74, 6) is 0.291. The highest BCUT2D eigenvalue weighted by molar-refractivity contribution is 6.70. The summed E-state index contributed by atoms with van der Waals surface area (Å²) in [6.07, 6.45) is 0. The van der Waals surface area contributed by atoms with Crippen LogP contribution in [0.2, 0.25) is 19.6 Å². The maximum Gasteiger partial charge on any atom is 0.185 e. The summed E-state index contributed by atoms with van der Waals surface area (Å²) in [5.41, 5.74) is 0.493. The zero-order valence-electron chi connectivity index (χ0n) is 11.8. The minimum Gasteiger partial charge on any atom is -0.407 e. The molecule has 0 radical (unpaired) electrons. The number of hydrogen-bond donors (Lipinski definition) is 0. The fourth-order valence-corrected chi connectivity index (χ4v) is 3.74. The van der Waals surface area contributed by atoms with E-state index in [4.69, 9.17) is 9.26 Å². The van der Waals surface area contributed by atoms with Gasteiger partial charge in [-0.15, -0.1) is 0 Å². The van der Waals surface area contributed by atoms with Gasteiger partial charge >= 0.3 is 0 Å². The quantitative estimate of drug-likeness (QED) is 0.711. The van der Waals surface area contributed by atoms with Gasteiger partial charge in [-0.05, 0) is 47.3 Å². The van der Waals surface area contributed by atoms with Crippen molar-refractivity contribution >= 4 is 14.0 Å². The van der Waals surface area contributed by atoms with Gasteiger partial charge in [0.25, 0.3) is 0 Å². The fraction of sp³-hybridized carbons (Fsp3) is 0.917. The zero-order valence-corrected chi connectivity index (χ0v) is 12.8. The van der Waals surface area contributed by atoms with E-state index in [2.05, 4.69) is 59.4 Å². The average molecular weight is 243 g/mol. The maximum atomic E-state index is 6.20. The minimum absolute atomic E-state index is 0.213. The van der Waals surface area contributed by atoms with Gasteiger partial charge in [0, 0.05) is 5.92 Å². The lowest BCUT2D eigenvalue weighted by molar-refractivity contribution is -0.0103. The van der Waals surface area contributed by atoms with Crippen molar-refractivity contribution in [2.24, 2.45) is 11.1 Å². The SMILES string of the molecule is CC1C(C(C)(C)O[Si](C)(C)C)=NOC1(C)C. The van der Waals surface area contributed by atoms with Crippen LogP contribution in [0.15, 0.2) is 5.16 Å². The molecule has 0 aromatic rings. The summed E-state index contributed by atoms with van der Waals surface area (Å²) in [7, 11) is -1.57. The normalized spacial score (nSPS) is 25.2. The molecule has 0 N–H and O–H groups in total. The van der Waals surface area contributed by atoms with Crippen LogP contribution in [0.5, 0.6) is 0 Å². The van der Waals surface area contributed by atoms with Gasteiger partial charge in [-0.25, -0.2) is 0 Å². The highest BCUT2D eigenvalue weighted by Gasteiger charge is 2.45. The van der Waals surface area contributed by atoms with Crippen LogP contribution in [-0.2, 0) is 9.26 Å². The molecule has 0 bridgehead atoms. The molecule has 1 heterocycles. The molecular weight excluding hydrogens is 218 g/mol. The Bertz CT molecular complexity index is 303. The molecule has 0 amide bonds. The Balaban J connectivity index is 2.87. The Hall–Kier alpha value is -0.353. The van der Waals surface area contributed by atoms with Crippen LogP contribution in [0.1, 0.15) is 34.6 Å². The van der Waals surface area contributed by atoms with Crippen LogP contribution in [0.25, 0.3) is 0 Å².